The third-order valence-corrected chi connectivity index (χ3v) is 3.13. The zero-order valence-corrected chi connectivity index (χ0v) is 11.5. The molecule has 19 heavy (non-hydrogen) atoms. The van der Waals surface area contributed by atoms with Crippen LogP contribution in [-0.4, -0.2) is 16.9 Å². The Morgan fingerprint density at radius 3 is 2.53 bits per heavy atom. The highest BCUT2D eigenvalue weighted by atomic mass is 35.5. The van der Waals surface area contributed by atoms with Crippen molar-refractivity contribution in [1.29, 1.82) is 0 Å². The summed E-state index contributed by atoms with van der Waals surface area (Å²) in [7, 11) is 0. The summed E-state index contributed by atoms with van der Waals surface area (Å²) in [5.74, 6) is -0.479. The minimum absolute atomic E-state index is 0.0268. The fourth-order valence-electron chi connectivity index (χ4n) is 1.41. The van der Waals surface area contributed by atoms with Crippen LogP contribution in [0.4, 0.5) is 0 Å². The average Bonchev–Trinajstić information content (AvgIpc) is 3.20. The number of carbonyl (C=O) groups is 2. The number of hydrazine groups is 1. The van der Waals surface area contributed by atoms with Gasteiger partial charge in [0, 0.05) is 5.92 Å². The van der Waals surface area contributed by atoms with E-state index in [2.05, 4.69) is 16.2 Å². The molecular weight excluding hydrogens is 286 g/mol. The fraction of sp³-hybridized carbons (Fsp3) is 0.250. The van der Waals surface area contributed by atoms with Gasteiger partial charge < -0.3 is 0 Å². The van der Waals surface area contributed by atoms with Crippen molar-refractivity contribution in [3.8, 4) is 0 Å². The zero-order chi connectivity index (χ0) is 13.8. The van der Waals surface area contributed by atoms with E-state index >= 15 is 0 Å². The summed E-state index contributed by atoms with van der Waals surface area (Å²) < 4.78 is 0. The van der Waals surface area contributed by atoms with E-state index in [9.17, 15) is 9.59 Å². The van der Waals surface area contributed by atoms with E-state index in [1.807, 2.05) is 0 Å². The number of hydrogen-bond acceptors (Lipinski definition) is 3. The summed E-state index contributed by atoms with van der Waals surface area (Å²) >= 11 is 10.8. The molecule has 0 radical (unpaired) electrons. The molecule has 0 atom stereocenters. The van der Waals surface area contributed by atoms with Crippen LogP contribution in [0.15, 0.2) is 24.3 Å². The van der Waals surface area contributed by atoms with E-state index in [-0.39, 0.29) is 16.9 Å². The molecule has 100 valence electrons. The van der Waals surface area contributed by atoms with Crippen LogP contribution in [0.2, 0.25) is 5.02 Å². The van der Waals surface area contributed by atoms with E-state index in [1.54, 1.807) is 24.3 Å². The monoisotopic (exact) mass is 297 g/mol. The van der Waals surface area contributed by atoms with Gasteiger partial charge in [-0.2, -0.15) is 0 Å². The predicted molar refractivity (Wildman–Crippen MR) is 75.5 cm³/mol. The molecule has 0 spiro atoms. The standard InChI is InChI=1S/C12H12ClN3O2S/c13-9-4-2-1-3-8(9)11(18)14-12(19)16-15-10(17)7-5-6-7/h1-4,7H,5-6H2,(H,15,17)(H2,14,16,18,19). The van der Waals surface area contributed by atoms with Crippen LogP contribution in [0.25, 0.3) is 0 Å². The van der Waals surface area contributed by atoms with Crippen molar-refractivity contribution < 1.29 is 9.59 Å². The molecule has 2 rings (SSSR count). The highest BCUT2D eigenvalue weighted by Crippen LogP contribution is 2.28. The van der Waals surface area contributed by atoms with Crippen molar-refractivity contribution in [1.82, 2.24) is 16.2 Å². The maximum atomic E-state index is 11.8. The second-order valence-electron chi connectivity index (χ2n) is 4.15. The molecule has 1 aromatic carbocycles. The minimum atomic E-state index is -0.427. The lowest BCUT2D eigenvalue weighted by atomic mass is 10.2. The van der Waals surface area contributed by atoms with Gasteiger partial charge in [0.1, 0.15) is 0 Å². The molecule has 5 nitrogen and oxygen atoms in total. The number of rotatable bonds is 2. The van der Waals surface area contributed by atoms with Crippen molar-refractivity contribution in [3.05, 3.63) is 34.9 Å². The van der Waals surface area contributed by atoms with Gasteiger partial charge in [-0.25, -0.2) is 0 Å². The Labute approximate surface area is 120 Å². The third kappa shape index (κ3) is 3.90. The van der Waals surface area contributed by atoms with E-state index < -0.39 is 5.91 Å². The molecule has 0 unspecified atom stereocenters. The lowest BCUT2D eigenvalue weighted by Gasteiger charge is -2.10. The summed E-state index contributed by atoms with van der Waals surface area (Å²) in [4.78, 5) is 23.2. The Balaban J connectivity index is 1.83. The Morgan fingerprint density at radius 2 is 1.89 bits per heavy atom. The van der Waals surface area contributed by atoms with Crippen molar-refractivity contribution in [2.45, 2.75) is 12.8 Å². The second-order valence-corrected chi connectivity index (χ2v) is 4.97. The van der Waals surface area contributed by atoms with Gasteiger partial charge >= 0.3 is 0 Å². The van der Waals surface area contributed by atoms with E-state index in [0.717, 1.165) is 12.8 Å². The number of amides is 2. The van der Waals surface area contributed by atoms with Crippen LogP contribution in [-0.2, 0) is 4.79 Å². The maximum Gasteiger partial charge on any atom is 0.258 e. The Hall–Kier alpha value is -1.66. The maximum absolute atomic E-state index is 11.8. The molecule has 1 aliphatic rings. The predicted octanol–water partition coefficient (Wildman–Crippen LogP) is 1.39. The van der Waals surface area contributed by atoms with Crippen molar-refractivity contribution in [3.63, 3.8) is 0 Å². The molecule has 1 aromatic rings. The SMILES string of the molecule is O=C(NC(=S)NNC(=O)C1CC1)c1ccccc1Cl. The molecule has 0 heterocycles. The Bertz CT molecular complexity index is 531. The highest BCUT2D eigenvalue weighted by Gasteiger charge is 2.29. The molecule has 0 saturated heterocycles. The molecule has 7 heteroatoms. The first-order chi connectivity index (χ1) is 9.08. The lowest BCUT2D eigenvalue weighted by Crippen LogP contribution is -2.48. The number of carbonyl (C=O) groups excluding carboxylic acids is 2. The van der Waals surface area contributed by atoms with Gasteiger partial charge in [0.25, 0.3) is 5.91 Å². The van der Waals surface area contributed by atoms with E-state index in [1.165, 1.54) is 0 Å². The van der Waals surface area contributed by atoms with Gasteiger partial charge in [0.05, 0.1) is 10.6 Å². The lowest BCUT2D eigenvalue weighted by molar-refractivity contribution is -0.122. The summed E-state index contributed by atoms with van der Waals surface area (Å²) in [5.41, 5.74) is 5.24. The molecule has 1 aliphatic carbocycles. The van der Waals surface area contributed by atoms with Crippen molar-refractivity contribution >= 4 is 40.7 Å². The van der Waals surface area contributed by atoms with Gasteiger partial charge in [0.15, 0.2) is 5.11 Å². The Kier molecular flexibility index (Phi) is 4.34. The third-order valence-electron chi connectivity index (χ3n) is 2.59. The first-order valence-corrected chi connectivity index (χ1v) is 6.52. The minimum Gasteiger partial charge on any atom is -0.298 e. The summed E-state index contributed by atoms with van der Waals surface area (Å²) in [6, 6.07) is 6.63. The number of thiocarbonyl (C=S) groups is 1. The topological polar surface area (TPSA) is 70.2 Å². The van der Waals surface area contributed by atoms with Gasteiger partial charge in [0.2, 0.25) is 5.91 Å². The molecule has 3 N–H and O–H groups in total. The van der Waals surface area contributed by atoms with Gasteiger partial charge in [-0.1, -0.05) is 23.7 Å². The number of halogens is 1. The highest BCUT2D eigenvalue weighted by molar-refractivity contribution is 7.80. The van der Waals surface area contributed by atoms with Crippen LogP contribution in [0.3, 0.4) is 0 Å². The fourth-order valence-corrected chi connectivity index (χ4v) is 1.78. The van der Waals surface area contributed by atoms with Gasteiger partial charge in [-0.05, 0) is 37.2 Å². The number of nitrogens with one attached hydrogen (secondary N) is 3. The van der Waals surface area contributed by atoms with Crippen molar-refractivity contribution in [2.75, 3.05) is 0 Å². The van der Waals surface area contributed by atoms with Crippen LogP contribution in [0.1, 0.15) is 23.2 Å². The normalized spacial score (nSPS) is 13.5. The molecule has 1 saturated carbocycles. The van der Waals surface area contributed by atoms with Crippen LogP contribution < -0.4 is 16.2 Å². The average molecular weight is 298 g/mol. The summed E-state index contributed by atoms with van der Waals surface area (Å²) in [5, 5.41) is 2.80. The summed E-state index contributed by atoms with van der Waals surface area (Å²) in [6.07, 6.45) is 1.79. The molecule has 0 aromatic heterocycles. The zero-order valence-electron chi connectivity index (χ0n) is 9.90. The quantitative estimate of drug-likeness (QED) is 0.570. The molecule has 2 amide bonds. The smallest absolute Gasteiger partial charge is 0.258 e. The number of hydrogen-bond donors (Lipinski definition) is 3. The van der Waals surface area contributed by atoms with Crippen LogP contribution >= 0.6 is 23.8 Å². The molecule has 1 fully saturated rings. The first kappa shape index (κ1) is 13.8. The largest absolute Gasteiger partial charge is 0.298 e. The molecule has 0 aliphatic heterocycles. The van der Waals surface area contributed by atoms with E-state index in [0.29, 0.717) is 10.6 Å². The first-order valence-electron chi connectivity index (χ1n) is 5.73. The van der Waals surface area contributed by atoms with Gasteiger partial charge in [-0.3, -0.25) is 25.8 Å². The molecular formula is C12H12ClN3O2S. The summed E-state index contributed by atoms with van der Waals surface area (Å²) in [6.45, 7) is 0. The second kappa shape index (κ2) is 5.99. The van der Waals surface area contributed by atoms with Crippen LogP contribution in [0.5, 0.6) is 0 Å². The Morgan fingerprint density at radius 1 is 1.21 bits per heavy atom. The molecule has 0 bridgehead atoms. The van der Waals surface area contributed by atoms with Gasteiger partial charge in [-0.15, -0.1) is 0 Å². The number of benzene rings is 1. The van der Waals surface area contributed by atoms with Crippen LogP contribution in [0, 0.1) is 5.92 Å². The van der Waals surface area contributed by atoms with Crippen molar-refractivity contribution in [2.24, 2.45) is 5.92 Å². The van der Waals surface area contributed by atoms with E-state index in [4.69, 9.17) is 23.8 Å².